The van der Waals surface area contributed by atoms with Crippen molar-refractivity contribution >= 4 is 27.6 Å². The highest BCUT2D eigenvalue weighted by Crippen LogP contribution is 2.31. The molecule has 0 bridgehead atoms. The standard InChI is InChI=1S/C27H34F2N4O3S/c1-3-27(28,29)17-31-15-18-6-5-7-20(12-18)21-13-22-24(16-32-25(22)23(14-21)26(30)34)19-8-10-33(11-9-19)37(35,36)4-2/h3,5-7,12-13,16,19,21,31-32H,1,4,8-11,14-15,17H2,2H3,(H2,30,34). The lowest BCUT2D eigenvalue weighted by molar-refractivity contribution is -0.113. The molecule has 1 aliphatic carbocycles. The number of fused-ring (bicyclic) bond motifs is 1. The molecule has 1 saturated heterocycles. The summed E-state index contributed by atoms with van der Waals surface area (Å²) in [6, 6.07) is 7.68. The van der Waals surface area contributed by atoms with Gasteiger partial charge in [0.2, 0.25) is 15.9 Å². The summed E-state index contributed by atoms with van der Waals surface area (Å²) in [5.74, 6) is -3.32. The molecule has 7 nitrogen and oxygen atoms in total. The number of aromatic nitrogens is 1. The van der Waals surface area contributed by atoms with Gasteiger partial charge in [-0.05, 0) is 60.1 Å². The molecule has 1 aromatic heterocycles. The molecule has 4 N–H and O–H groups in total. The Labute approximate surface area is 216 Å². The highest BCUT2D eigenvalue weighted by Gasteiger charge is 2.30. The van der Waals surface area contributed by atoms with Crippen LogP contribution in [0.3, 0.4) is 0 Å². The van der Waals surface area contributed by atoms with Crippen molar-refractivity contribution in [3.8, 4) is 0 Å². The second kappa shape index (κ2) is 10.9. The summed E-state index contributed by atoms with van der Waals surface area (Å²) < 4.78 is 53.0. The number of carbonyl (C=O) groups excluding carboxylic acids is 1. The van der Waals surface area contributed by atoms with Gasteiger partial charge < -0.3 is 16.0 Å². The molecular weight excluding hydrogens is 498 g/mol. The van der Waals surface area contributed by atoms with Crippen LogP contribution in [0.4, 0.5) is 8.78 Å². The van der Waals surface area contributed by atoms with Crippen molar-refractivity contribution in [3.63, 3.8) is 0 Å². The SMILES string of the molecule is C=CC(F)(F)CNCc1cccc(C2C=c3c(C4CCN(S(=O)(=O)CC)CC4)c[nH]c3=C(C(N)=O)C2)c1. The van der Waals surface area contributed by atoms with E-state index in [0.717, 1.165) is 27.3 Å². The molecule has 2 heterocycles. The summed E-state index contributed by atoms with van der Waals surface area (Å²) in [5.41, 5.74) is 9.18. The predicted octanol–water partition coefficient (Wildman–Crippen LogP) is 2.06. The van der Waals surface area contributed by atoms with Gasteiger partial charge >= 0.3 is 0 Å². The molecule has 200 valence electrons. The van der Waals surface area contributed by atoms with E-state index in [0.29, 0.717) is 44.0 Å². The zero-order chi connectivity index (χ0) is 26.8. The lowest BCUT2D eigenvalue weighted by atomic mass is 9.84. The zero-order valence-corrected chi connectivity index (χ0v) is 21.8. The Morgan fingerprint density at radius 1 is 1.32 bits per heavy atom. The smallest absolute Gasteiger partial charge is 0.278 e. The number of amides is 1. The van der Waals surface area contributed by atoms with Crippen LogP contribution in [-0.2, 0) is 21.4 Å². The first-order valence-electron chi connectivity index (χ1n) is 12.6. The van der Waals surface area contributed by atoms with Gasteiger partial charge in [0, 0.05) is 37.3 Å². The summed E-state index contributed by atoms with van der Waals surface area (Å²) in [7, 11) is -3.22. The van der Waals surface area contributed by atoms with Gasteiger partial charge in [-0.2, -0.15) is 0 Å². The number of benzene rings is 1. The van der Waals surface area contributed by atoms with Crippen LogP contribution in [0.2, 0.25) is 0 Å². The maximum Gasteiger partial charge on any atom is 0.278 e. The summed E-state index contributed by atoms with van der Waals surface area (Å²) >= 11 is 0. The molecule has 1 aliphatic heterocycles. The van der Waals surface area contributed by atoms with Crippen molar-refractivity contribution in [1.82, 2.24) is 14.6 Å². The Hall–Kier alpha value is -2.82. The van der Waals surface area contributed by atoms with E-state index < -0.39 is 28.4 Å². The van der Waals surface area contributed by atoms with E-state index in [4.69, 9.17) is 5.73 Å². The molecule has 10 heteroatoms. The molecule has 2 aliphatic rings. The number of rotatable bonds is 10. The lowest BCUT2D eigenvalue weighted by Crippen LogP contribution is -2.41. The van der Waals surface area contributed by atoms with E-state index in [9.17, 15) is 22.0 Å². The molecular formula is C27H34F2N4O3S. The van der Waals surface area contributed by atoms with Gasteiger partial charge in [0.15, 0.2) is 0 Å². The quantitative estimate of drug-likeness (QED) is 0.407. The average molecular weight is 533 g/mol. The topological polar surface area (TPSA) is 108 Å². The molecule has 0 spiro atoms. The van der Waals surface area contributed by atoms with Crippen molar-refractivity contribution in [2.24, 2.45) is 5.73 Å². The van der Waals surface area contributed by atoms with Gasteiger partial charge in [0.1, 0.15) is 0 Å². The van der Waals surface area contributed by atoms with E-state index in [1.54, 1.807) is 11.2 Å². The average Bonchev–Trinajstić information content (AvgIpc) is 3.32. The number of nitrogens with zero attached hydrogens (tertiary/aromatic N) is 1. The number of hydrogen-bond donors (Lipinski definition) is 3. The minimum atomic E-state index is -3.22. The normalized spacial score (nSPS) is 19.3. The van der Waals surface area contributed by atoms with Crippen molar-refractivity contribution in [3.05, 3.63) is 70.4 Å². The van der Waals surface area contributed by atoms with E-state index >= 15 is 0 Å². The summed E-state index contributed by atoms with van der Waals surface area (Å²) in [6.07, 6.45) is 6.52. The van der Waals surface area contributed by atoms with Crippen molar-refractivity contribution in [1.29, 1.82) is 0 Å². The largest absolute Gasteiger partial charge is 0.366 e. The molecule has 0 radical (unpaired) electrons. The number of alkyl halides is 2. The fraction of sp³-hybridized carbons (Fsp3) is 0.444. The first-order chi connectivity index (χ1) is 17.5. The molecule has 37 heavy (non-hydrogen) atoms. The van der Waals surface area contributed by atoms with E-state index in [1.807, 2.05) is 30.5 Å². The number of hydrogen-bond acceptors (Lipinski definition) is 4. The van der Waals surface area contributed by atoms with E-state index in [2.05, 4.69) is 23.0 Å². The van der Waals surface area contributed by atoms with Crippen molar-refractivity contribution in [2.75, 3.05) is 25.4 Å². The Morgan fingerprint density at radius 3 is 2.70 bits per heavy atom. The van der Waals surface area contributed by atoms with Crippen molar-refractivity contribution in [2.45, 2.75) is 50.5 Å². The van der Waals surface area contributed by atoms with Crippen LogP contribution < -0.4 is 21.6 Å². The number of halogens is 2. The third kappa shape index (κ3) is 6.02. The van der Waals surface area contributed by atoms with Crippen LogP contribution in [-0.4, -0.2) is 54.9 Å². The Kier molecular flexibility index (Phi) is 8.01. The molecule has 0 saturated carbocycles. The molecule has 1 amide bonds. The minimum absolute atomic E-state index is 0.0921. The fourth-order valence-electron chi connectivity index (χ4n) is 5.24. The van der Waals surface area contributed by atoms with Crippen LogP contribution in [0.15, 0.2) is 43.1 Å². The second-order valence-electron chi connectivity index (χ2n) is 9.74. The monoisotopic (exact) mass is 532 g/mol. The van der Waals surface area contributed by atoms with Crippen LogP contribution in [0.5, 0.6) is 0 Å². The van der Waals surface area contributed by atoms with E-state index in [1.165, 1.54) is 0 Å². The van der Waals surface area contributed by atoms with Crippen LogP contribution in [0.25, 0.3) is 11.6 Å². The first-order valence-corrected chi connectivity index (χ1v) is 14.2. The minimum Gasteiger partial charge on any atom is -0.366 e. The molecule has 1 fully saturated rings. The van der Waals surface area contributed by atoms with Gasteiger partial charge in [-0.15, -0.1) is 0 Å². The molecule has 1 atom stereocenters. The molecule has 4 rings (SSSR count). The van der Waals surface area contributed by atoms with Crippen molar-refractivity contribution < 1.29 is 22.0 Å². The Balaban J connectivity index is 1.60. The highest BCUT2D eigenvalue weighted by molar-refractivity contribution is 7.89. The third-order valence-electron chi connectivity index (χ3n) is 7.36. The lowest BCUT2D eigenvalue weighted by Gasteiger charge is -2.31. The number of primary amides is 1. The highest BCUT2D eigenvalue weighted by atomic mass is 32.2. The predicted molar refractivity (Wildman–Crippen MR) is 141 cm³/mol. The van der Waals surface area contributed by atoms with Gasteiger partial charge in [0.25, 0.3) is 5.92 Å². The summed E-state index contributed by atoms with van der Waals surface area (Å²) in [4.78, 5) is 15.6. The maximum absolute atomic E-state index is 13.5. The summed E-state index contributed by atoms with van der Waals surface area (Å²) in [6.45, 7) is 5.53. The van der Waals surface area contributed by atoms with E-state index in [-0.39, 0.29) is 24.1 Å². The second-order valence-corrected chi connectivity index (χ2v) is 12.0. The number of carbonyl (C=O) groups is 1. The van der Waals surface area contributed by atoms with Crippen LogP contribution >= 0.6 is 0 Å². The Morgan fingerprint density at radius 2 is 2.05 bits per heavy atom. The fourth-order valence-corrected chi connectivity index (χ4v) is 6.38. The van der Waals surface area contributed by atoms with Crippen LogP contribution in [0, 0.1) is 0 Å². The van der Waals surface area contributed by atoms with Gasteiger partial charge in [-0.1, -0.05) is 36.9 Å². The number of H-pyrrole nitrogens is 1. The summed E-state index contributed by atoms with van der Waals surface area (Å²) in [5, 5.41) is 4.44. The molecule has 2 aromatic rings. The Bertz CT molecular complexity index is 1390. The zero-order valence-electron chi connectivity index (χ0n) is 21.0. The van der Waals surface area contributed by atoms with Gasteiger partial charge in [0.05, 0.1) is 17.6 Å². The molecule has 1 aromatic carbocycles. The number of nitrogens with one attached hydrogen (secondary N) is 2. The maximum atomic E-state index is 13.5. The third-order valence-corrected chi connectivity index (χ3v) is 9.24. The number of piperidine rings is 1. The number of nitrogens with two attached hydrogens (primary N) is 1. The molecule has 1 unspecified atom stereocenters. The first kappa shape index (κ1) is 27.2. The van der Waals surface area contributed by atoms with Gasteiger partial charge in [-0.25, -0.2) is 21.5 Å². The number of aromatic amines is 1. The number of sulfonamides is 1. The van der Waals surface area contributed by atoms with Crippen LogP contribution in [0.1, 0.15) is 54.7 Å². The van der Waals surface area contributed by atoms with Gasteiger partial charge in [-0.3, -0.25) is 4.79 Å².